The number of halogens is 1. The van der Waals surface area contributed by atoms with Gasteiger partial charge in [0.15, 0.2) is 5.75 Å². The Morgan fingerprint density at radius 1 is 1.26 bits per heavy atom. The van der Waals surface area contributed by atoms with E-state index in [2.05, 4.69) is 5.32 Å². The maximum absolute atomic E-state index is 13.1. The summed E-state index contributed by atoms with van der Waals surface area (Å²) in [6, 6.07) is 5.77. The summed E-state index contributed by atoms with van der Waals surface area (Å²) in [5, 5.41) is 12.9. The molecule has 0 aliphatic carbocycles. The van der Waals surface area contributed by atoms with Gasteiger partial charge in [0.2, 0.25) is 5.91 Å². The highest BCUT2D eigenvalue weighted by atomic mass is 19.1. The van der Waals surface area contributed by atoms with Crippen molar-refractivity contribution in [3.8, 4) is 5.75 Å². The van der Waals surface area contributed by atoms with Gasteiger partial charge in [0.05, 0.1) is 5.56 Å². The number of fused-ring (bicyclic) bond motifs is 1. The average Bonchev–Trinajstić information content (AvgIpc) is 2.66. The lowest BCUT2D eigenvalue weighted by Gasteiger charge is -2.31. The molecule has 7 nitrogen and oxygen atoms in total. The molecule has 8 heteroatoms. The van der Waals surface area contributed by atoms with Crippen LogP contribution in [0.4, 0.5) is 10.2 Å². The quantitative estimate of drug-likeness (QED) is 0.855. The van der Waals surface area contributed by atoms with Crippen molar-refractivity contribution in [1.29, 1.82) is 0 Å². The minimum Gasteiger partial charge on any atom is -0.502 e. The van der Waals surface area contributed by atoms with Gasteiger partial charge in [0.1, 0.15) is 11.6 Å². The lowest BCUT2D eigenvalue weighted by atomic mass is 9.98. The number of rotatable bonds is 4. The lowest BCUT2D eigenvalue weighted by Crippen LogP contribution is -2.40. The van der Waals surface area contributed by atoms with Gasteiger partial charge in [0.25, 0.3) is 11.5 Å². The Morgan fingerprint density at radius 3 is 2.56 bits per heavy atom. The number of anilines is 1. The normalized spacial score (nSPS) is 13.4. The highest BCUT2D eigenvalue weighted by Crippen LogP contribution is 2.31. The summed E-state index contributed by atoms with van der Waals surface area (Å²) in [5.41, 5.74) is 0.336. The van der Waals surface area contributed by atoms with Crippen LogP contribution in [0.5, 0.6) is 5.75 Å². The Hall–Kier alpha value is -3.16. The molecule has 2 aromatic rings. The molecular formula is C19H20FN3O4. The molecule has 27 heavy (non-hydrogen) atoms. The Labute approximate surface area is 155 Å². The zero-order valence-electron chi connectivity index (χ0n) is 15.1. The largest absolute Gasteiger partial charge is 0.502 e. The number of carbonyl (C=O) groups excluding carboxylic acids is 2. The number of hydrogen-bond acceptors (Lipinski definition) is 4. The van der Waals surface area contributed by atoms with Crippen molar-refractivity contribution in [2.75, 3.05) is 11.9 Å². The second kappa shape index (κ2) is 7.22. The smallest absolute Gasteiger partial charge is 0.294 e. The molecule has 1 aromatic heterocycles. The molecule has 0 saturated heterocycles. The fraction of sp³-hybridized carbons (Fsp3) is 0.316. The molecular weight excluding hydrogens is 353 g/mol. The molecule has 1 aliphatic rings. The van der Waals surface area contributed by atoms with Crippen LogP contribution in [0, 0.1) is 5.82 Å². The van der Waals surface area contributed by atoms with Crippen LogP contribution in [0.3, 0.4) is 0 Å². The van der Waals surface area contributed by atoms with Crippen molar-refractivity contribution in [2.24, 2.45) is 7.05 Å². The van der Waals surface area contributed by atoms with Crippen molar-refractivity contribution in [3.05, 3.63) is 57.1 Å². The molecule has 1 aliphatic heterocycles. The molecule has 0 saturated carbocycles. The van der Waals surface area contributed by atoms with E-state index in [1.807, 2.05) is 0 Å². The van der Waals surface area contributed by atoms with E-state index in [1.54, 1.807) is 19.1 Å². The number of nitrogens with zero attached hydrogens (tertiary/aromatic N) is 2. The molecule has 0 unspecified atom stereocenters. The Bertz CT molecular complexity index is 966. The third-order valence-electron chi connectivity index (χ3n) is 4.67. The lowest BCUT2D eigenvalue weighted by molar-refractivity contribution is -0.115. The number of carbonyl (C=O) groups is 2. The minimum absolute atomic E-state index is 0.0853. The van der Waals surface area contributed by atoms with Crippen molar-refractivity contribution in [2.45, 2.75) is 26.3 Å². The number of aromatic nitrogens is 1. The van der Waals surface area contributed by atoms with Crippen LogP contribution in [-0.2, 0) is 24.8 Å². The number of aromatic hydroxyl groups is 1. The van der Waals surface area contributed by atoms with E-state index in [-0.39, 0.29) is 36.1 Å². The standard InChI is InChI=1S/C19H20FN3O4/c1-3-14(24)21-17-13-8-9-23(10-11-4-6-12(20)7-5-11)18(26)15(13)16(25)19(27)22(17)2/h4-7,25H,3,8-10H2,1-2H3,(H,21,24). The summed E-state index contributed by atoms with van der Waals surface area (Å²) < 4.78 is 14.2. The van der Waals surface area contributed by atoms with E-state index in [1.165, 1.54) is 24.1 Å². The van der Waals surface area contributed by atoms with Crippen molar-refractivity contribution in [1.82, 2.24) is 9.47 Å². The van der Waals surface area contributed by atoms with Crippen LogP contribution in [0.25, 0.3) is 0 Å². The van der Waals surface area contributed by atoms with Gasteiger partial charge in [-0.25, -0.2) is 4.39 Å². The third kappa shape index (κ3) is 3.42. The zero-order valence-corrected chi connectivity index (χ0v) is 15.1. The molecule has 2 amide bonds. The molecule has 0 bridgehead atoms. The van der Waals surface area contributed by atoms with Gasteiger partial charge >= 0.3 is 0 Å². The van der Waals surface area contributed by atoms with Crippen LogP contribution in [0.15, 0.2) is 29.1 Å². The van der Waals surface area contributed by atoms with E-state index >= 15 is 0 Å². The van der Waals surface area contributed by atoms with Gasteiger partial charge in [-0.15, -0.1) is 0 Å². The highest BCUT2D eigenvalue weighted by molar-refractivity contribution is 6.02. The van der Waals surface area contributed by atoms with E-state index in [0.29, 0.717) is 18.5 Å². The minimum atomic E-state index is -0.753. The maximum atomic E-state index is 13.1. The number of benzene rings is 1. The highest BCUT2D eigenvalue weighted by Gasteiger charge is 2.32. The summed E-state index contributed by atoms with van der Waals surface area (Å²) in [6.07, 6.45) is 0.581. The molecule has 0 radical (unpaired) electrons. The Kier molecular flexibility index (Phi) is 4.98. The first-order valence-corrected chi connectivity index (χ1v) is 8.61. The Balaban J connectivity index is 2.00. The SMILES string of the molecule is CCC(=O)Nc1c2c(c(O)c(=O)n1C)C(=O)N(Cc1ccc(F)cc1)CC2. The fourth-order valence-corrected chi connectivity index (χ4v) is 3.15. The molecule has 0 spiro atoms. The van der Waals surface area contributed by atoms with Crippen molar-refractivity contribution in [3.63, 3.8) is 0 Å². The first-order valence-electron chi connectivity index (χ1n) is 8.61. The fourth-order valence-electron chi connectivity index (χ4n) is 3.15. The van der Waals surface area contributed by atoms with Crippen LogP contribution in [-0.4, -0.2) is 32.9 Å². The number of amides is 2. The zero-order chi connectivity index (χ0) is 19.7. The van der Waals surface area contributed by atoms with Crippen LogP contribution in [0.2, 0.25) is 0 Å². The molecule has 0 fully saturated rings. The van der Waals surface area contributed by atoms with Crippen molar-refractivity contribution < 1.29 is 19.1 Å². The molecule has 1 aromatic carbocycles. The summed E-state index contributed by atoms with van der Waals surface area (Å²) in [4.78, 5) is 38.5. The first kappa shape index (κ1) is 18.6. The number of pyridine rings is 1. The first-order chi connectivity index (χ1) is 12.8. The van der Waals surface area contributed by atoms with Crippen LogP contribution in [0.1, 0.15) is 34.8 Å². The monoisotopic (exact) mass is 373 g/mol. The maximum Gasteiger partial charge on any atom is 0.294 e. The van der Waals surface area contributed by atoms with E-state index in [4.69, 9.17) is 0 Å². The summed E-state index contributed by atoms with van der Waals surface area (Å²) in [5.74, 6) is -1.56. The van der Waals surface area contributed by atoms with Gasteiger partial charge in [-0.3, -0.25) is 19.0 Å². The van der Waals surface area contributed by atoms with Gasteiger partial charge < -0.3 is 15.3 Å². The van der Waals surface area contributed by atoms with Crippen LogP contribution < -0.4 is 10.9 Å². The van der Waals surface area contributed by atoms with Gasteiger partial charge in [-0.1, -0.05) is 19.1 Å². The summed E-state index contributed by atoms with van der Waals surface area (Å²) in [7, 11) is 1.43. The molecule has 3 rings (SSSR count). The van der Waals surface area contributed by atoms with Crippen molar-refractivity contribution >= 4 is 17.6 Å². The topological polar surface area (TPSA) is 91.6 Å². The second-order valence-electron chi connectivity index (χ2n) is 6.42. The molecule has 2 heterocycles. The number of nitrogens with one attached hydrogen (secondary N) is 1. The van der Waals surface area contributed by atoms with Gasteiger partial charge in [-0.2, -0.15) is 0 Å². The molecule has 142 valence electrons. The predicted octanol–water partition coefficient (Wildman–Crippen LogP) is 1.78. The third-order valence-corrected chi connectivity index (χ3v) is 4.67. The Morgan fingerprint density at radius 2 is 1.93 bits per heavy atom. The van der Waals surface area contributed by atoms with E-state index < -0.39 is 17.2 Å². The molecule has 2 N–H and O–H groups in total. The van der Waals surface area contributed by atoms with Crippen LogP contribution >= 0.6 is 0 Å². The second-order valence-corrected chi connectivity index (χ2v) is 6.42. The van der Waals surface area contributed by atoms with Gasteiger partial charge in [0, 0.05) is 32.1 Å². The number of hydrogen-bond donors (Lipinski definition) is 2. The van der Waals surface area contributed by atoms with Gasteiger partial charge in [-0.05, 0) is 24.1 Å². The predicted molar refractivity (Wildman–Crippen MR) is 97.1 cm³/mol. The molecule has 0 atom stereocenters. The van der Waals surface area contributed by atoms with E-state index in [9.17, 15) is 23.9 Å². The summed E-state index contributed by atoms with van der Waals surface area (Å²) >= 11 is 0. The summed E-state index contributed by atoms with van der Waals surface area (Å²) in [6.45, 7) is 2.25. The van der Waals surface area contributed by atoms with E-state index in [0.717, 1.165) is 10.1 Å². The average molecular weight is 373 g/mol.